The summed E-state index contributed by atoms with van der Waals surface area (Å²) in [5, 5.41) is 3.61. The van der Waals surface area contributed by atoms with Gasteiger partial charge in [0.05, 0.1) is 0 Å². The molecule has 0 bridgehead atoms. The summed E-state index contributed by atoms with van der Waals surface area (Å²) in [5.74, 6) is -0.0820. The van der Waals surface area contributed by atoms with Crippen molar-refractivity contribution in [3.63, 3.8) is 0 Å². The van der Waals surface area contributed by atoms with Crippen molar-refractivity contribution in [1.29, 1.82) is 0 Å². The maximum absolute atomic E-state index is 13.3. The number of halogens is 2. The highest BCUT2D eigenvalue weighted by atomic mass is 35.5. The quantitative estimate of drug-likeness (QED) is 0.847. The fourth-order valence-corrected chi connectivity index (χ4v) is 1.78. The lowest BCUT2D eigenvalue weighted by Crippen LogP contribution is -2.17. The van der Waals surface area contributed by atoms with Crippen LogP contribution in [-0.2, 0) is 9.53 Å². The van der Waals surface area contributed by atoms with Crippen LogP contribution in [0.15, 0.2) is 30.5 Å². The van der Waals surface area contributed by atoms with Crippen LogP contribution < -0.4 is 5.32 Å². The SMILES string of the molecule is CC(C)(C)OC=O.Fc1ccc(Cl)cc1C1C=CNC1. The third-order valence-corrected chi connectivity index (χ3v) is 2.78. The van der Waals surface area contributed by atoms with Crippen molar-refractivity contribution >= 4 is 18.1 Å². The van der Waals surface area contributed by atoms with E-state index in [1.54, 1.807) is 12.1 Å². The van der Waals surface area contributed by atoms with Gasteiger partial charge >= 0.3 is 0 Å². The molecule has 1 N–H and O–H groups in total. The molecule has 5 heteroatoms. The summed E-state index contributed by atoms with van der Waals surface area (Å²) in [7, 11) is 0. The average molecular weight is 300 g/mol. The smallest absolute Gasteiger partial charge is 0.293 e. The van der Waals surface area contributed by atoms with Crippen LogP contribution in [0.1, 0.15) is 32.3 Å². The van der Waals surface area contributed by atoms with Gasteiger partial charge in [-0.05, 0) is 50.7 Å². The highest BCUT2D eigenvalue weighted by Crippen LogP contribution is 2.25. The van der Waals surface area contributed by atoms with E-state index in [9.17, 15) is 9.18 Å². The molecule has 110 valence electrons. The summed E-state index contributed by atoms with van der Waals surface area (Å²) in [6.07, 6.45) is 3.78. The zero-order chi connectivity index (χ0) is 15.2. The van der Waals surface area contributed by atoms with Crippen molar-refractivity contribution in [1.82, 2.24) is 5.32 Å². The Bertz CT molecular complexity index is 483. The lowest BCUT2D eigenvalue weighted by molar-refractivity contribution is -0.138. The van der Waals surface area contributed by atoms with Crippen LogP contribution in [0.2, 0.25) is 5.02 Å². The van der Waals surface area contributed by atoms with Gasteiger partial charge in [0.1, 0.15) is 11.4 Å². The zero-order valence-corrected chi connectivity index (χ0v) is 12.6. The number of nitrogens with one attached hydrogen (secondary N) is 1. The van der Waals surface area contributed by atoms with Crippen LogP contribution in [0, 0.1) is 5.82 Å². The third kappa shape index (κ3) is 5.61. The molecule has 2 rings (SSSR count). The number of carbonyl (C=O) groups excluding carboxylic acids is 1. The lowest BCUT2D eigenvalue weighted by atomic mass is 10.0. The first-order valence-electron chi connectivity index (χ1n) is 6.30. The molecule has 0 aliphatic carbocycles. The summed E-state index contributed by atoms with van der Waals surface area (Å²) >= 11 is 5.78. The van der Waals surface area contributed by atoms with Crippen molar-refractivity contribution in [2.24, 2.45) is 0 Å². The van der Waals surface area contributed by atoms with E-state index in [0.29, 0.717) is 17.1 Å². The highest BCUT2D eigenvalue weighted by molar-refractivity contribution is 6.30. The van der Waals surface area contributed by atoms with Crippen molar-refractivity contribution in [3.8, 4) is 0 Å². The Kier molecular flexibility index (Phi) is 6.02. The summed E-state index contributed by atoms with van der Waals surface area (Å²) < 4.78 is 17.8. The highest BCUT2D eigenvalue weighted by Gasteiger charge is 2.15. The molecule has 1 aromatic rings. The second-order valence-electron chi connectivity index (χ2n) is 5.37. The first-order valence-corrected chi connectivity index (χ1v) is 6.68. The van der Waals surface area contributed by atoms with E-state index in [1.165, 1.54) is 6.07 Å². The number of rotatable bonds is 2. The van der Waals surface area contributed by atoms with Crippen LogP contribution in [-0.4, -0.2) is 18.6 Å². The fraction of sp³-hybridized carbons (Fsp3) is 0.400. The van der Waals surface area contributed by atoms with Crippen LogP contribution >= 0.6 is 11.6 Å². The van der Waals surface area contributed by atoms with Gasteiger partial charge in [0.25, 0.3) is 6.47 Å². The normalized spacial score (nSPS) is 16.9. The molecule has 1 aromatic carbocycles. The van der Waals surface area contributed by atoms with Gasteiger partial charge in [0.15, 0.2) is 0 Å². The minimum atomic E-state index is -0.318. The Morgan fingerprint density at radius 3 is 2.60 bits per heavy atom. The molecule has 0 amide bonds. The molecular formula is C15H19ClFNO2. The molecule has 0 radical (unpaired) electrons. The maximum atomic E-state index is 13.3. The number of benzene rings is 1. The van der Waals surface area contributed by atoms with Crippen LogP contribution in [0.5, 0.6) is 0 Å². The van der Waals surface area contributed by atoms with E-state index in [4.69, 9.17) is 11.6 Å². The number of ether oxygens (including phenoxy) is 1. The van der Waals surface area contributed by atoms with Gasteiger partial charge in [0, 0.05) is 17.5 Å². The van der Waals surface area contributed by atoms with E-state index in [1.807, 2.05) is 33.0 Å². The second-order valence-corrected chi connectivity index (χ2v) is 5.80. The Morgan fingerprint density at radius 1 is 1.45 bits per heavy atom. The Morgan fingerprint density at radius 2 is 2.15 bits per heavy atom. The maximum Gasteiger partial charge on any atom is 0.293 e. The topological polar surface area (TPSA) is 38.3 Å². The predicted molar refractivity (Wildman–Crippen MR) is 78.2 cm³/mol. The molecular weight excluding hydrogens is 281 g/mol. The standard InChI is InChI=1S/C10H9ClFN.C5H10O2/c11-8-1-2-10(12)9(5-8)7-3-4-13-6-7;1-5(2,3)7-4-6/h1-5,7,13H,6H2;4H,1-3H3. The van der Waals surface area contributed by atoms with Crippen molar-refractivity contribution in [3.05, 3.63) is 46.9 Å². The number of hydrogen-bond acceptors (Lipinski definition) is 3. The van der Waals surface area contributed by atoms with Gasteiger partial charge in [-0.1, -0.05) is 17.7 Å². The van der Waals surface area contributed by atoms with E-state index in [2.05, 4.69) is 10.1 Å². The molecule has 0 aromatic heterocycles. The van der Waals surface area contributed by atoms with Gasteiger partial charge in [-0.2, -0.15) is 0 Å². The molecule has 0 spiro atoms. The average Bonchev–Trinajstić information content (AvgIpc) is 2.85. The Labute approximate surface area is 123 Å². The molecule has 1 aliphatic heterocycles. The van der Waals surface area contributed by atoms with Gasteiger partial charge in [0.2, 0.25) is 0 Å². The summed E-state index contributed by atoms with van der Waals surface area (Å²) in [5.41, 5.74) is 0.343. The molecule has 0 saturated carbocycles. The molecule has 3 nitrogen and oxygen atoms in total. The van der Waals surface area contributed by atoms with Gasteiger partial charge in [-0.15, -0.1) is 0 Å². The Balaban J connectivity index is 0.000000246. The van der Waals surface area contributed by atoms with Gasteiger partial charge in [-0.25, -0.2) is 4.39 Å². The monoisotopic (exact) mass is 299 g/mol. The third-order valence-electron chi connectivity index (χ3n) is 2.54. The molecule has 1 unspecified atom stereocenters. The largest absolute Gasteiger partial charge is 0.462 e. The lowest BCUT2D eigenvalue weighted by Gasteiger charge is -2.14. The second kappa shape index (κ2) is 7.29. The van der Waals surface area contributed by atoms with E-state index in [0.717, 1.165) is 6.54 Å². The van der Waals surface area contributed by atoms with Crippen LogP contribution in [0.3, 0.4) is 0 Å². The van der Waals surface area contributed by atoms with Gasteiger partial charge < -0.3 is 10.1 Å². The Hall–Kier alpha value is -1.55. The van der Waals surface area contributed by atoms with Gasteiger partial charge in [-0.3, -0.25) is 4.79 Å². The summed E-state index contributed by atoms with van der Waals surface area (Å²) in [6, 6.07) is 4.65. The minimum Gasteiger partial charge on any atom is -0.462 e. The van der Waals surface area contributed by atoms with Crippen LogP contribution in [0.25, 0.3) is 0 Å². The fourth-order valence-electron chi connectivity index (χ4n) is 1.60. The number of hydrogen-bond donors (Lipinski definition) is 1. The van der Waals surface area contributed by atoms with Crippen molar-refractivity contribution in [2.75, 3.05) is 6.54 Å². The zero-order valence-electron chi connectivity index (χ0n) is 11.8. The number of carbonyl (C=O) groups is 1. The summed E-state index contributed by atoms with van der Waals surface area (Å²) in [6.45, 7) is 6.67. The van der Waals surface area contributed by atoms with E-state index in [-0.39, 0.29) is 17.3 Å². The van der Waals surface area contributed by atoms with Crippen LogP contribution in [0.4, 0.5) is 4.39 Å². The molecule has 20 heavy (non-hydrogen) atoms. The first kappa shape index (κ1) is 16.5. The molecule has 1 atom stereocenters. The molecule has 1 heterocycles. The first-order chi connectivity index (χ1) is 9.33. The molecule has 1 aliphatic rings. The molecule has 0 fully saturated rings. The van der Waals surface area contributed by atoms with Crippen molar-refractivity contribution < 1.29 is 13.9 Å². The minimum absolute atomic E-state index is 0.110. The van der Waals surface area contributed by atoms with E-state index >= 15 is 0 Å². The van der Waals surface area contributed by atoms with E-state index < -0.39 is 0 Å². The summed E-state index contributed by atoms with van der Waals surface area (Å²) in [4.78, 5) is 9.60. The van der Waals surface area contributed by atoms with Crippen molar-refractivity contribution in [2.45, 2.75) is 32.3 Å². The molecule has 0 saturated heterocycles. The predicted octanol–water partition coefficient (Wildman–Crippen LogP) is 3.64.